The van der Waals surface area contributed by atoms with Crippen LogP contribution in [0.2, 0.25) is 0 Å². The van der Waals surface area contributed by atoms with Gasteiger partial charge in [0.25, 0.3) is 0 Å². The molecule has 7 rings (SSSR count). The van der Waals surface area contributed by atoms with Crippen LogP contribution in [0.4, 0.5) is 0 Å². The Morgan fingerprint density at radius 3 is 2.44 bits per heavy atom. The van der Waals surface area contributed by atoms with Crippen molar-refractivity contribution in [3.05, 3.63) is 126 Å². The highest BCUT2D eigenvalue weighted by molar-refractivity contribution is 5.94. The molecule has 5 aromatic rings. The Kier molecular flexibility index (Phi) is 5.92. The third-order valence-corrected chi connectivity index (χ3v) is 7.23. The molecule has 186 valence electrons. The average Bonchev–Trinajstić information content (AvgIpc) is 3.55. The number of hydrogen-bond acceptors (Lipinski definition) is 3. The average molecular weight is 504 g/mol. The minimum atomic E-state index is 0.596. The first kappa shape index (κ1) is 23.1. The monoisotopic (exact) mass is 503 g/mol. The van der Waals surface area contributed by atoms with Gasteiger partial charge in [-0.05, 0) is 42.2 Å². The zero-order valence-electron chi connectivity index (χ0n) is 21.4. The molecule has 0 unspecified atom stereocenters. The maximum Gasteiger partial charge on any atom is 0.226 e. The van der Waals surface area contributed by atoms with Gasteiger partial charge in [-0.3, -0.25) is 0 Å². The molecule has 0 fully saturated rings. The van der Waals surface area contributed by atoms with E-state index in [1.807, 2.05) is 48.6 Å². The summed E-state index contributed by atoms with van der Waals surface area (Å²) in [5, 5.41) is 0. The summed E-state index contributed by atoms with van der Waals surface area (Å²) < 4.78 is 12.9. The molecule has 39 heavy (non-hydrogen) atoms. The summed E-state index contributed by atoms with van der Waals surface area (Å²) in [4.78, 5) is 4.93. The lowest BCUT2D eigenvalue weighted by molar-refractivity contribution is 0.575. The van der Waals surface area contributed by atoms with Gasteiger partial charge in [-0.2, -0.15) is 0 Å². The number of oxazole rings is 1. The first-order chi connectivity index (χ1) is 19.4. The Morgan fingerprint density at radius 2 is 1.59 bits per heavy atom. The van der Waals surface area contributed by atoms with E-state index < -0.39 is 0 Å². The molecule has 0 aliphatic heterocycles. The number of allylic oxidation sites excluding steroid dienone is 5. The van der Waals surface area contributed by atoms with Gasteiger partial charge >= 0.3 is 0 Å². The second-order valence-electron chi connectivity index (χ2n) is 9.64. The lowest BCUT2D eigenvalue weighted by Gasteiger charge is -2.16. The van der Waals surface area contributed by atoms with Gasteiger partial charge in [0.15, 0.2) is 0 Å². The van der Waals surface area contributed by atoms with Crippen LogP contribution in [0.25, 0.3) is 57.0 Å². The zero-order chi connectivity index (χ0) is 26.0. The second kappa shape index (κ2) is 10.0. The quantitative estimate of drug-likeness (QED) is 0.224. The van der Waals surface area contributed by atoms with E-state index in [2.05, 4.69) is 72.5 Å². The van der Waals surface area contributed by atoms with Crippen molar-refractivity contribution in [2.45, 2.75) is 19.3 Å². The van der Waals surface area contributed by atoms with Crippen LogP contribution in [-0.4, -0.2) is 4.98 Å². The number of benzene rings is 3. The summed E-state index contributed by atoms with van der Waals surface area (Å²) in [6.07, 6.45) is 14.8. The first-order valence-electron chi connectivity index (χ1n) is 13.2. The van der Waals surface area contributed by atoms with E-state index >= 15 is 0 Å². The van der Waals surface area contributed by atoms with E-state index in [9.17, 15) is 0 Å². The number of hydrogen-bond donors (Lipinski definition) is 0. The minimum absolute atomic E-state index is 0.596. The highest BCUT2D eigenvalue weighted by Gasteiger charge is 2.27. The standard InChI is InChI=1S/C36H25NO2/c1-2-6-15-25(14-5-1)28-22-13-23-31(32-24-38-36(37-32)27-18-9-4-10-19-27)33(28)35-30-21-12-11-20-29(30)34(39-35)26-16-7-3-8-17-26/h1,3-5,7-11,13-14,16-20,22-24H,12,15,21H2. The first-order valence-corrected chi connectivity index (χ1v) is 13.2. The SMILES string of the molecule is C1#CCC(c2cccc(-c3coc(-c4ccccc4)n3)c2-c2oc(-c3ccccc3)c3c2CCC=C3)=CC=C1. The molecule has 0 N–H and O–H groups in total. The Hall–Kier alpha value is -5.07. The molecule has 0 radical (unpaired) electrons. The van der Waals surface area contributed by atoms with E-state index in [1.54, 1.807) is 6.26 Å². The van der Waals surface area contributed by atoms with E-state index in [4.69, 9.17) is 13.8 Å². The largest absolute Gasteiger partial charge is 0.455 e. The van der Waals surface area contributed by atoms with Crippen molar-refractivity contribution in [3.63, 3.8) is 0 Å². The highest BCUT2D eigenvalue weighted by Crippen LogP contribution is 2.46. The van der Waals surface area contributed by atoms with Crippen molar-refractivity contribution in [1.82, 2.24) is 4.98 Å². The van der Waals surface area contributed by atoms with Gasteiger partial charge in [-0.15, -0.1) is 0 Å². The molecule has 0 saturated heterocycles. The van der Waals surface area contributed by atoms with Crippen molar-refractivity contribution < 1.29 is 8.83 Å². The van der Waals surface area contributed by atoms with Gasteiger partial charge in [0.2, 0.25) is 5.89 Å². The van der Waals surface area contributed by atoms with Crippen LogP contribution in [-0.2, 0) is 6.42 Å². The molecule has 3 heteroatoms. The number of fused-ring (bicyclic) bond motifs is 1. The predicted octanol–water partition coefficient (Wildman–Crippen LogP) is 9.24. The number of aromatic nitrogens is 1. The molecule has 0 amide bonds. The van der Waals surface area contributed by atoms with Crippen molar-refractivity contribution >= 4 is 11.6 Å². The van der Waals surface area contributed by atoms with Gasteiger partial charge in [-0.25, -0.2) is 4.98 Å². The summed E-state index contributed by atoms with van der Waals surface area (Å²) >= 11 is 0. The van der Waals surface area contributed by atoms with Crippen LogP contribution in [0.3, 0.4) is 0 Å². The molecular formula is C36H25NO2. The lowest BCUT2D eigenvalue weighted by Crippen LogP contribution is -1.98. The molecular weight excluding hydrogens is 478 g/mol. The topological polar surface area (TPSA) is 39.2 Å². The Bertz CT molecular complexity index is 1820. The van der Waals surface area contributed by atoms with Crippen LogP contribution in [0, 0.1) is 11.8 Å². The minimum Gasteiger partial charge on any atom is -0.455 e. The Labute approximate surface area is 227 Å². The molecule has 2 heterocycles. The molecule has 3 aromatic carbocycles. The van der Waals surface area contributed by atoms with Crippen LogP contribution in [0.1, 0.15) is 29.5 Å². The molecule has 3 nitrogen and oxygen atoms in total. The molecule has 0 spiro atoms. The molecule has 2 aromatic heterocycles. The fourth-order valence-corrected chi connectivity index (χ4v) is 5.39. The lowest BCUT2D eigenvalue weighted by atomic mass is 9.87. The van der Waals surface area contributed by atoms with Crippen molar-refractivity contribution in [3.8, 4) is 57.2 Å². The van der Waals surface area contributed by atoms with Crippen molar-refractivity contribution in [2.24, 2.45) is 0 Å². The Balaban J connectivity index is 1.48. The summed E-state index contributed by atoms with van der Waals surface area (Å²) in [5.74, 6) is 8.77. The van der Waals surface area contributed by atoms with Gasteiger partial charge < -0.3 is 8.83 Å². The summed E-state index contributed by atoms with van der Waals surface area (Å²) in [5.41, 5.74) is 9.44. The van der Waals surface area contributed by atoms with Gasteiger partial charge in [0.1, 0.15) is 23.5 Å². The molecule has 0 bridgehead atoms. The van der Waals surface area contributed by atoms with Crippen LogP contribution in [0.5, 0.6) is 0 Å². The van der Waals surface area contributed by atoms with Crippen LogP contribution >= 0.6 is 0 Å². The summed E-state index contributed by atoms with van der Waals surface area (Å²) in [6.45, 7) is 0. The van der Waals surface area contributed by atoms with Crippen LogP contribution in [0.15, 0.2) is 118 Å². The molecule has 2 aliphatic rings. The molecule has 2 aliphatic carbocycles. The number of furan rings is 1. The van der Waals surface area contributed by atoms with Crippen molar-refractivity contribution in [2.75, 3.05) is 0 Å². The van der Waals surface area contributed by atoms with Gasteiger partial charge in [0.05, 0.1) is 0 Å². The third-order valence-electron chi connectivity index (χ3n) is 7.23. The fraction of sp³-hybridized carbons (Fsp3) is 0.0833. The predicted molar refractivity (Wildman–Crippen MR) is 157 cm³/mol. The van der Waals surface area contributed by atoms with Crippen molar-refractivity contribution in [1.29, 1.82) is 0 Å². The summed E-state index contributed by atoms with van der Waals surface area (Å²) in [7, 11) is 0. The maximum absolute atomic E-state index is 6.87. The fourth-order valence-electron chi connectivity index (χ4n) is 5.39. The second-order valence-corrected chi connectivity index (χ2v) is 9.64. The maximum atomic E-state index is 6.87. The van der Waals surface area contributed by atoms with E-state index in [0.29, 0.717) is 12.3 Å². The normalized spacial score (nSPS) is 13.8. The summed E-state index contributed by atoms with van der Waals surface area (Å²) in [6, 6.07) is 26.7. The molecule has 0 saturated carbocycles. The third kappa shape index (κ3) is 4.27. The zero-order valence-corrected chi connectivity index (χ0v) is 21.4. The van der Waals surface area contributed by atoms with E-state index in [0.717, 1.165) is 69.0 Å². The smallest absolute Gasteiger partial charge is 0.226 e. The van der Waals surface area contributed by atoms with E-state index in [1.165, 1.54) is 5.56 Å². The number of rotatable bonds is 5. The molecule has 0 atom stereocenters. The van der Waals surface area contributed by atoms with Gasteiger partial charge in [0, 0.05) is 39.8 Å². The Morgan fingerprint density at radius 1 is 0.795 bits per heavy atom. The van der Waals surface area contributed by atoms with Crippen LogP contribution < -0.4 is 0 Å². The highest BCUT2D eigenvalue weighted by atomic mass is 16.3. The van der Waals surface area contributed by atoms with Gasteiger partial charge in [-0.1, -0.05) is 103 Å². The van der Waals surface area contributed by atoms with E-state index in [-0.39, 0.29) is 0 Å². The number of nitrogens with zero attached hydrogens (tertiary/aromatic N) is 1.